The number of amides is 2. The van der Waals surface area contributed by atoms with Gasteiger partial charge in [-0.25, -0.2) is 12.8 Å². The fourth-order valence-corrected chi connectivity index (χ4v) is 5.71. The highest BCUT2D eigenvalue weighted by Crippen LogP contribution is 2.27. The van der Waals surface area contributed by atoms with Crippen LogP contribution in [-0.2, 0) is 26.2 Å². The lowest BCUT2D eigenvalue weighted by Crippen LogP contribution is -2.55. The standard InChI is InChI=1S/C30H36FN3O4S/c1-6-26(29(36)32-30(3,4)5)33(20-23-14-12-13-22(2)19-23)28(35)21-34(27-18-11-10-17-25(27)31)39(37,38)24-15-8-7-9-16-24/h7-19,26H,6,20-21H2,1-5H3,(H,32,36)/t26-/m1/s1. The second-order valence-corrected chi connectivity index (χ2v) is 12.3. The third-order valence-corrected chi connectivity index (χ3v) is 7.82. The van der Waals surface area contributed by atoms with Crippen molar-refractivity contribution in [1.29, 1.82) is 0 Å². The van der Waals surface area contributed by atoms with Crippen LogP contribution in [0.15, 0.2) is 83.8 Å². The first kappa shape index (κ1) is 29.8. The number of hydrogen-bond donors (Lipinski definition) is 1. The second-order valence-electron chi connectivity index (χ2n) is 10.5. The van der Waals surface area contributed by atoms with Gasteiger partial charge in [-0.05, 0) is 63.9 Å². The normalized spacial score (nSPS) is 12.5. The van der Waals surface area contributed by atoms with Crippen molar-refractivity contribution in [2.45, 2.75) is 64.1 Å². The minimum Gasteiger partial charge on any atom is -0.350 e. The lowest BCUT2D eigenvalue weighted by molar-refractivity contribution is -0.141. The van der Waals surface area contributed by atoms with Crippen LogP contribution in [0.2, 0.25) is 0 Å². The summed E-state index contributed by atoms with van der Waals surface area (Å²) in [5.41, 5.74) is 0.969. The van der Waals surface area contributed by atoms with Gasteiger partial charge in [-0.2, -0.15) is 0 Å². The van der Waals surface area contributed by atoms with Gasteiger partial charge in [0.1, 0.15) is 18.4 Å². The molecule has 2 amide bonds. The van der Waals surface area contributed by atoms with Crippen LogP contribution in [0.5, 0.6) is 0 Å². The van der Waals surface area contributed by atoms with Crippen LogP contribution in [0, 0.1) is 12.7 Å². The molecule has 0 unspecified atom stereocenters. The molecule has 0 saturated carbocycles. The molecule has 0 heterocycles. The number of sulfonamides is 1. The van der Waals surface area contributed by atoms with Crippen molar-refractivity contribution < 1.29 is 22.4 Å². The van der Waals surface area contributed by atoms with Gasteiger partial charge in [0.15, 0.2) is 0 Å². The van der Waals surface area contributed by atoms with E-state index in [4.69, 9.17) is 0 Å². The molecule has 0 radical (unpaired) electrons. The highest BCUT2D eigenvalue weighted by atomic mass is 32.2. The third-order valence-electron chi connectivity index (χ3n) is 6.05. The Morgan fingerprint density at radius 2 is 1.59 bits per heavy atom. The van der Waals surface area contributed by atoms with Crippen LogP contribution in [0.25, 0.3) is 0 Å². The van der Waals surface area contributed by atoms with Crippen molar-refractivity contribution in [1.82, 2.24) is 10.2 Å². The zero-order valence-corrected chi connectivity index (χ0v) is 23.8. The summed E-state index contributed by atoms with van der Waals surface area (Å²) in [6.45, 7) is 8.63. The Hall–Kier alpha value is -3.72. The Bertz CT molecular complexity index is 1400. The Kier molecular flexibility index (Phi) is 9.50. The van der Waals surface area contributed by atoms with Crippen molar-refractivity contribution in [2.75, 3.05) is 10.8 Å². The van der Waals surface area contributed by atoms with Crippen molar-refractivity contribution >= 4 is 27.5 Å². The summed E-state index contributed by atoms with van der Waals surface area (Å²) >= 11 is 0. The molecule has 3 aromatic carbocycles. The number of para-hydroxylation sites is 1. The number of aryl methyl sites for hydroxylation is 1. The summed E-state index contributed by atoms with van der Waals surface area (Å²) in [4.78, 5) is 28.6. The van der Waals surface area contributed by atoms with Gasteiger partial charge >= 0.3 is 0 Å². The molecular formula is C30H36FN3O4S. The van der Waals surface area contributed by atoms with E-state index in [2.05, 4.69) is 5.32 Å². The molecule has 0 aliphatic rings. The quantitative estimate of drug-likeness (QED) is 0.381. The molecule has 0 aliphatic heterocycles. The molecule has 0 saturated heterocycles. The topological polar surface area (TPSA) is 86.8 Å². The summed E-state index contributed by atoms with van der Waals surface area (Å²) < 4.78 is 43.2. The molecule has 3 aromatic rings. The predicted molar refractivity (Wildman–Crippen MR) is 151 cm³/mol. The van der Waals surface area contributed by atoms with E-state index in [0.29, 0.717) is 6.42 Å². The summed E-state index contributed by atoms with van der Waals surface area (Å²) in [7, 11) is -4.32. The summed E-state index contributed by atoms with van der Waals surface area (Å²) in [5.74, 6) is -1.77. The van der Waals surface area contributed by atoms with Crippen LogP contribution in [0.3, 0.4) is 0 Å². The van der Waals surface area contributed by atoms with E-state index >= 15 is 0 Å². The first-order valence-electron chi connectivity index (χ1n) is 12.8. The Morgan fingerprint density at radius 3 is 2.18 bits per heavy atom. The van der Waals surface area contributed by atoms with E-state index in [0.717, 1.165) is 21.5 Å². The molecule has 9 heteroatoms. The molecule has 39 heavy (non-hydrogen) atoms. The fraction of sp³-hybridized carbons (Fsp3) is 0.333. The molecular weight excluding hydrogens is 517 g/mol. The number of rotatable bonds is 10. The lowest BCUT2D eigenvalue weighted by atomic mass is 10.0. The van der Waals surface area contributed by atoms with Crippen LogP contribution in [0.4, 0.5) is 10.1 Å². The van der Waals surface area contributed by atoms with E-state index in [1.54, 1.807) is 25.1 Å². The first-order chi connectivity index (χ1) is 18.3. The number of halogens is 1. The largest absolute Gasteiger partial charge is 0.350 e. The van der Waals surface area contributed by atoms with E-state index < -0.39 is 39.9 Å². The van der Waals surface area contributed by atoms with E-state index in [9.17, 15) is 22.4 Å². The lowest BCUT2D eigenvalue weighted by Gasteiger charge is -2.34. The average Bonchev–Trinajstić information content (AvgIpc) is 2.87. The SMILES string of the molecule is CC[C@H](C(=O)NC(C)(C)C)N(Cc1cccc(C)c1)C(=O)CN(c1ccccc1F)S(=O)(=O)c1ccccc1. The molecule has 1 N–H and O–H groups in total. The average molecular weight is 554 g/mol. The Morgan fingerprint density at radius 1 is 0.949 bits per heavy atom. The maximum atomic E-state index is 15.0. The molecule has 1 atom stereocenters. The third kappa shape index (κ3) is 7.66. The monoisotopic (exact) mass is 553 g/mol. The fourth-order valence-electron chi connectivity index (χ4n) is 4.27. The maximum absolute atomic E-state index is 15.0. The maximum Gasteiger partial charge on any atom is 0.264 e. The molecule has 208 valence electrons. The van der Waals surface area contributed by atoms with Gasteiger partial charge in [0.25, 0.3) is 10.0 Å². The van der Waals surface area contributed by atoms with Crippen molar-refractivity contribution in [3.05, 3.63) is 95.8 Å². The number of nitrogens with zero attached hydrogens (tertiary/aromatic N) is 2. The zero-order valence-electron chi connectivity index (χ0n) is 23.0. The Labute approximate surface area is 230 Å². The Balaban J connectivity index is 2.08. The number of benzene rings is 3. The smallest absolute Gasteiger partial charge is 0.264 e. The van der Waals surface area contributed by atoms with E-state index in [1.165, 1.54) is 35.2 Å². The second kappa shape index (κ2) is 12.4. The van der Waals surface area contributed by atoms with Crippen molar-refractivity contribution in [3.63, 3.8) is 0 Å². The minimum absolute atomic E-state index is 0.0765. The molecule has 7 nitrogen and oxygen atoms in total. The van der Waals surface area contributed by atoms with Gasteiger partial charge in [0.2, 0.25) is 11.8 Å². The zero-order chi connectivity index (χ0) is 28.8. The number of hydrogen-bond acceptors (Lipinski definition) is 4. The highest BCUT2D eigenvalue weighted by Gasteiger charge is 2.35. The van der Waals surface area contributed by atoms with E-state index in [1.807, 2.05) is 52.0 Å². The summed E-state index contributed by atoms with van der Waals surface area (Å²) in [6, 6.07) is 19.6. The molecule has 0 aromatic heterocycles. The number of carbonyl (C=O) groups excluding carboxylic acids is 2. The van der Waals surface area contributed by atoms with Gasteiger partial charge in [-0.15, -0.1) is 0 Å². The molecule has 0 spiro atoms. The number of carbonyl (C=O) groups is 2. The molecule has 0 bridgehead atoms. The summed E-state index contributed by atoms with van der Waals surface area (Å²) in [5, 5.41) is 2.93. The predicted octanol–water partition coefficient (Wildman–Crippen LogP) is 5.05. The van der Waals surface area contributed by atoms with Crippen molar-refractivity contribution in [3.8, 4) is 0 Å². The van der Waals surface area contributed by atoms with E-state index in [-0.39, 0.29) is 23.0 Å². The van der Waals surface area contributed by atoms with Gasteiger partial charge < -0.3 is 10.2 Å². The highest BCUT2D eigenvalue weighted by molar-refractivity contribution is 7.92. The number of nitrogens with one attached hydrogen (secondary N) is 1. The van der Waals surface area contributed by atoms with Gasteiger partial charge in [0.05, 0.1) is 10.6 Å². The van der Waals surface area contributed by atoms with Crippen LogP contribution < -0.4 is 9.62 Å². The van der Waals surface area contributed by atoms with Crippen LogP contribution in [-0.4, -0.2) is 43.3 Å². The summed E-state index contributed by atoms with van der Waals surface area (Å²) in [6.07, 6.45) is 0.296. The first-order valence-corrected chi connectivity index (χ1v) is 14.3. The number of anilines is 1. The van der Waals surface area contributed by atoms with Crippen LogP contribution >= 0.6 is 0 Å². The minimum atomic E-state index is -4.32. The van der Waals surface area contributed by atoms with Gasteiger partial charge in [-0.3, -0.25) is 13.9 Å². The molecule has 0 fully saturated rings. The van der Waals surface area contributed by atoms with Gasteiger partial charge in [0, 0.05) is 12.1 Å². The van der Waals surface area contributed by atoms with Gasteiger partial charge in [-0.1, -0.05) is 67.1 Å². The molecule has 0 aliphatic carbocycles. The van der Waals surface area contributed by atoms with Crippen LogP contribution in [0.1, 0.15) is 45.2 Å². The van der Waals surface area contributed by atoms with Crippen molar-refractivity contribution in [2.24, 2.45) is 0 Å². The molecule has 3 rings (SSSR count).